The van der Waals surface area contributed by atoms with E-state index in [4.69, 9.17) is 4.74 Å². The Hall–Kier alpha value is -2.40. The number of hydrogen-bond acceptors (Lipinski definition) is 4. The summed E-state index contributed by atoms with van der Waals surface area (Å²) in [6.07, 6.45) is 5.40. The number of nitrogens with one attached hydrogen (secondary N) is 1. The molecule has 1 N–H and O–H groups in total. The van der Waals surface area contributed by atoms with E-state index in [9.17, 15) is 9.59 Å². The third-order valence-electron chi connectivity index (χ3n) is 6.88. The van der Waals surface area contributed by atoms with Gasteiger partial charge in [-0.1, -0.05) is 30.3 Å². The van der Waals surface area contributed by atoms with Crippen LogP contribution < -0.4 is 5.43 Å². The predicted octanol–water partition coefficient (Wildman–Crippen LogP) is 3.52. The number of aromatic nitrogens is 1. The molecular formula is C24H30N2O3. The Bertz CT molecular complexity index is 952. The zero-order valence-corrected chi connectivity index (χ0v) is 17.5. The second kappa shape index (κ2) is 7.79. The van der Waals surface area contributed by atoms with Crippen molar-refractivity contribution in [3.63, 3.8) is 0 Å². The number of hydrogen-bond donors (Lipinski definition) is 1. The van der Waals surface area contributed by atoms with E-state index in [1.165, 1.54) is 5.56 Å². The molecule has 154 valence electrons. The Morgan fingerprint density at radius 3 is 2.72 bits per heavy atom. The Labute approximate surface area is 172 Å². The molecular weight excluding hydrogens is 364 g/mol. The summed E-state index contributed by atoms with van der Waals surface area (Å²) in [4.78, 5) is 31.4. The van der Waals surface area contributed by atoms with E-state index in [1.54, 1.807) is 6.20 Å². The van der Waals surface area contributed by atoms with Crippen molar-refractivity contribution in [2.24, 2.45) is 5.41 Å². The summed E-state index contributed by atoms with van der Waals surface area (Å²) in [5.74, 6) is -0.0739. The number of H-pyrrole nitrogens is 1. The van der Waals surface area contributed by atoms with Crippen LogP contribution in [0.3, 0.4) is 0 Å². The Morgan fingerprint density at radius 2 is 2.00 bits per heavy atom. The molecule has 0 radical (unpaired) electrons. The summed E-state index contributed by atoms with van der Waals surface area (Å²) in [5.41, 5.74) is 3.23. The lowest BCUT2D eigenvalue weighted by Gasteiger charge is -2.35. The van der Waals surface area contributed by atoms with E-state index in [0.29, 0.717) is 25.6 Å². The molecule has 0 saturated carbocycles. The molecule has 0 amide bonds. The number of carbonyl (C=O) groups is 1. The zero-order chi connectivity index (χ0) is 20.6. The van der Waals surface area contributed by atoms with Gasteiger partial charge in [-0.25, -0.2) is 0 Å². The van der Waals surface area contributed by atoms with Crippen LogP contribution in [0.1, 0.15) is 48.6 Å². The first-order valence-corrected chi connectivity index (χ1v) is 10.6. The van der Waals surface area contributed by atoms with Gasteiger partial charge in [-0.05, 0) is 52.0 Å². The van der Waals surface area contributed by atoms with Gasteiger partial charge in [0.1, 0.15) is 0 Å². The fourth-order valence-electron chi connectivity index (χ4n) is 5.41. The first-order chi connectivity index (χ1) is 14.0. The van der Waals surface area contributed by atoms with Gasteiger partial charge in [0.15, 0.2) is 5.43 Å². The number of carbonyl (C=O) groups excluding carboxylic acids is 1. The van der Waals surface area contributed by atoms with E-state index >= 15 is 0 Å². The van der Waals surface area contributed by atoms with Crippen LogP contribution in [0, 0.1) is 19.3 Å². The van der Waals surface area contributed by atoms with Gasteiger partial charge in [-0.15, -0.1) is 0 Å². The normalized spacial score (nSPS) is 26.0. The topological polar surface area (TPSA) is 62.4 Å². The molecule has 2 aliphatic heterocycles. The van der Waals surface area contributed by atoms with Crippen molar-refractivity contribution in [2.75, 3.05) is 6.61 Å². The van der Waals surface area contributed by atoms with Crippen molar-refractivity contribution in [3.8, 4) is 0 Å². The van der Waals surface area contributed by atoms with Crippen LogP contribution >= 0.6 is 0 Å². The van der Waals surface area contributed by atoms with Gasteiger partial charge in [0.2, 0.25) is 0 Å². The van der Waals surface area contributed by atoms with Crippen LogP contribution in [0.25, 0.3) is 0 Å². The van der Waals surface area contributed by atoms with E-state index < -0.39 is 5.41 Å². The first-order valence-electron chi connectivity index (χ1n) is 10.6. The smallest absolute Gasteiger partial charge is 0.314 e. The van der Waals surface area contributed by atoms with Crippen LogP contribution in [0.15, 0.2) is 41.3 Å². The first kappa shape index (κ1) is 19.9. The summed E-state index contributed by atoms with van der Waals surface area (Å²) in [5, 5.41) is 0. The molecule has 3 heterocycles. The molecule has 2 bridgehead atoms. The van der Waals surface area contributed by atoms with E-state index in [0.717, 1.165) is 36.1 Å². The van der Waals surface area contributed by atoms with Crippen molar-refractivity contribution in [1.82, 2.24) is 9.88 Å². The zero-order valence-electron chi connectivity index (χ0n) is 17.5. The molecule has 2 aliphatic rings. The molecule has 1 aromatic carbocycles. The molecule has 5 nitrogen and oxygen atoms in total. The Kier molecular flexibility index (Phi) is 5.34. The van der Waals surface area contributed by atoms with Gasteiger partial charge in [0.25, 0.3) is 0 Å². The van der Waals surface area contributed by atoms with Gasteiger partial charge in [-0.3, -0.25) is 14.5 Å². The van der Waals surface area contributed by atoms with Gasteiger partial charge in [0.05, 0.1) is 12.0 Å². The lowest BCUT2D eigenvalue weighted by atomic mass is 9.70. The summed E-state index contributed by atoms with van der Waals surface area (Å²) < 4.78 is 5.59. The number of esters is 1. The fourth-order valence-corrected chi connectivity index (χ4v) is 5.41. The number of nitrogens with zero attached hydrogens (tertiary/aromatic N) is 1. The number of rotatable bonds is 6. The molecule has 0 unspecified atom stereocenters. The predicted molar refractivity (Wildman–Crippen MR) is 113 cm³/mol. The van der Waals surface area contributed by atoms with Gasteiger partial charge in [0, 0.05) is 41.6 Å². The molecule has 4 rings (SSSR count). The fraction of sp³-hybridized carbons (Fsp3) is 0.500. The van der Waals surface area contributed by atoms with Gasteiger partial charge >= 0.3 is 5.97 Å². The Balaban J connectivity index is 1.66. The quantitative estimate of drug-likeness (QED) is 0.762. The van der Waals surface area contributed by atoms with Crippen molar-refractivity contribution in [3.05, 3.63) is 69.1 Å². The van der Waals surface area contributed by atoms with E-state index in [-0.39, 0.29) is 17.4 Å². The average molecular weight is 395 g/mol. The standard InChI is InChI=1S/C24H30N2O3/c1-4-29-23(28)24(12-18-8-6-5-7-9-18)13-19-10-11-21(24)26(19)15-20-17(3)22(27)16(2)14-25-20/h5-9,14,19,21H,4,10-13,15H2,1-3H3,(H,25,27)/t19-,21+,24+/m1/s1. The molecule has 1 aromatic heterocycles. The van der Waals surface area contributed by atoms with Crippen molar-refractivity contribution < 1.29 is 9.53 Å². The summed E-state index contributed by atoms with van der Waals surface area (Å²) in [7, 11) is 0. The molecule has 2 saturated heterocycles. The van der Waals surface area contributed by atoms with Crippen molar-refractivity contribution in [1.29, 1.82) is 0 Å². The van der Waals surface area contributed by atoms with Crippen LogP contribution in [0.2, 0.25) is 0 Å². The Morgan fingerprint density at radius 1 is 1.24 bits per heavy atom. The highest BCUT2D eigenvalue weighted by Gasteiger charge is 2.60. The molecule has 0 spiro atoms. The number of fused-ring (bicyclic) bond motifs is 2. The lowest BCUT2D eigenvalue weighted by Crippen LogP contribution is -2.46. The summed E-state index contributed by atoms with van der Waals surface area (Å²) in [6, 6.07) is 10.7. The molecule has 5 heteroatoms. The number of ether oxygens (including phenoxy) is 1. The van der Waals surface area contributed by atoms with E-state index in [2.05, 4.69) is 22.0 Å². The minimum atomic E-state index is -0.515. The molecule has 2 aromatic rings. The molecule has 2 fully saturated rings. The lowest BCUT2D eigenvalue weighted by molar-refractivity contribution is -0.157. The second-order valence-corrected chi connectivity index (χ2v) is 8.57. The van der Waals surface area contributed by atoms with Crippen LogP contribution in [-0.2, 0) is 22.5 Å². The maximum absolute atomic E-state index is 13.2. The highest BCUT2D eigenvalue weighted by atomic mass is 16.5. The highest BCUT2D eigenvalue weighted by Crippen LogP contribution is 2.52. The van der Waals surface area contributed by atoms with Gasteiger partial charge < -0.3 is 9.72 Å². The highest BCUT2D eigenvalue weighted by molar-refractivity contribution is 5.79. The van der Waals surface area contributed by atoms with Crippen LogP contribution in [0.5, 0.6) is 0 Å². The molecule has 29 heavy (non-hydrogen) atoms. The minimum Gasteiger partial charge on any atom is -0.466 e. The van der Waals surface area contributed by atoms with Crippen LogP contribution in [-0.4, -0.2) is 34.5 Å². The number of benzene rings is 1. The average Bonchev–Trinajstić information content (AvgIpc) is 3.24. The summed E-state index contributed by atoms with van der Waals surface area (Å²) >= 11 is 0. The largest absolute Gasteiger partial charge is 0.466 e. The second-order valence-electron chi connectivity index (χ2n) is 8.57. The third kappa shape index (κ3) is 3.42. The molecule has 3 atom stereocenters. The summed E-state index contributed by atoms with van der Waals surface area (Å²) in [6.45, 7) is 6.67. The van der Waals surface area contributed by atoms with Crippen LogP contribution in [0.4, 0.5) is 0 Å². The SMILES string of the molecule is CCOC(=O)[C@@]1(Cc2ccccc2)C[C@H]2CC[C@@H]1N2Cc1[nH]cc(C)c(=O)c1C. The number of aromatic amines is 1. The monoisotopic (exact) mass is 394 g/mol. The number of aryl methyl sites for hydroxylation is 1. The minimum absolute atomic E-state index is 0.0739. The molecule has 0 aliphatic carbocycles. The maximum atomic E-state index is 13.2. The number of pyridine rings is 1. The van der Waals surface area contributed by atoms with E-state index in [1.807, 2.05) is 39.0 Å². The maximum Gasteiger partial charge on any atom is 0.314 e. The third-order valence-corrected chi connectivity index (χ3v) is 6.88. The van der Waals surface area contributed by atoms with Crippen molar-refractivity contribution in [2.45, 2.75) is 65.1 Å². The van der Waals surface area contributed by atoms with Gasteiger partial charge in [-0.2, -0.15) is 0 Å². The van der Waals surface area contributed by atoms with Crippen molar-refractivity contribution >= 4 is 5.97 Å².